The molecule has 0 aliphatic carbocycles. The van der Waals surface area contributed by atoms with Gasteiger partial charge in [-0.05, 0) is 0 Å². The van der Waals surface area contributed by atoms with E-state index in [1.807, 2.05) is 97.1 Å². The molecule has 0 fully saturated rings. The molecule has 0 spiro atoms. The molecule has 1 unspecified atom stereocenters. The van der Waals surface area contributed by atoms with E-state index in [2.05, 4.69) is 28.1 Å². The summed E-state index contributed by atoms with van der Waals surface area (Å²) in [7, 11) is 0. The average Bonchev–Trinajstić information content (AvgIpc) is 2.92. The number of halogens is 1. The summed E-state index contributed by atoms with van der Waals surface area (Å²) in [6, 6.07) is 36.9. The molecule has 4 aromatic rings. The van der Waals surface area contributed by atoms with Crippen LogP contribution >= 0.6 is 15.9 Å². The molecule has 1 atom stereocenters. The van der Waals surface area contributed by atoms with Gasteiger partial charge in [-0.1, -0.05) is 0 Å². The predicted molar refractivity (Wildman–Crippen MR) is 149 cm³/mol. The van der Waals surface area contributed by atoms with Gasteiger partial charge in [0.15, 0.2) is 0 Å². The predicted octanol–water partition coefficient (Wildman–Crippen LogP) is 6.90. The Bertz CT molecular complexity index is 1280. The Kier molecular flexibility index (Phi) is 9.02. The third-order valence-corrected chi connectivity index (χ3v) is 8.36. The molecule has 2 nitrogen and oxygen atoms in total. The van der Waals surface area contributed by atoms with E-state index < -0.39 is 5.92 Å². The van der Waals surface area contributed by atoms with E-state index in [1.165, 1.54) is 4.46 Å². The molecule has 0 aromatic heterocycles. The quantitative estimate of drug-likeness (QED) is 0.0665. The fraction of sp³-hybridized carbons (Fsp3) is 0.0968. The van der Waals surface area contributed by atoms with Crippen molar-refractivity contribution in [1.29, 1.82) is 0 Å². The van der Waals surface area contributed by atoms with Crippen molar-refractivity contribution in [3.8, 4) is 0 Å². The number of ketones is 2. The standard InChI is InChI=1S/C31H25BrO2Se/c32-26-18-16-23(17-19-26)22-29(24-10-4-1-5-11-24)31(34)28(30(33)25-12-6-2-7-13-25)20-21-35-27-14-8-3-9-15-27/h1-19,22,28H,20-21H2/b29-22+. The summed E-state index contributed by atoms with van der Waals surface area (Å²) in [4.78, 5) is 27.7. The number of allylic oxidation sites excluding steroid dienone is 1. The van der Waals surface area contributed by atoms with Crippen LogP contribution in [0.3, 0.4) is 0 Å². The van der Waals surface area contributed by atoms with E-state index in [1.54, 1.807) is 12.1 Å². The summed E-state index contributed by atoms with van der Waals surface area (Å²) in [5, 5.41) is 0.812. The molecular formula is C31H25BrO2Se. The zero-order valence-electron chi connectivity index (χ0n) is 19.1. The minimum absolute atomic E-state index is 0.114. The molecule has 0 saturated carbocycles. The van der Waals surface area contributed by atoms with E-state index in [0.29, 0.717) is 17.6 Å². The average molecular weight is 588 g/mol. The summed E-state index contributed by atoms with van der Waals surface area (Å²) in [5.41, 5.74) is 2.88. The van der Waals surface area contributed by atoms with Crippen molar-refractivity contribution in [1.82, 2.24) is 0 Å². The van der Waals surface area contributed by atoms with Crippen LogP contribution in [0.2, 0.25) is 5.32 Å². The molecular weight excluding hydrogens is 563 g/mol. The Morgan fingerprint density at radius 3 is 1.86 bits per heavy atom. The number of rotatable bonds is 10. The van der Waals surface area contributed by atoms with Gasteiger partial charge < -0.3 is 0 Å². The summed E-state index contributed by atoms with van der Waals surface area (Å²) in [6.07, 6.45) is 2.42. The topological polar surface area (TPSA) is 34.1 Å². The summed E-state index contributed by atoms with van der Waals surface area (Å²) in [5.74, 6) is -0.973. The van der Waals surface area contributed by atoms with Crippen molar-refractivity contribution in [2.75, 3.05) is 0 Å². The minimum atomic E-state index is -0.732. The first-order valence-electron chi connectivity index (χ1n) is 11.5. The third-order valence-electron chi connectivity index (χ3n) is 5.64. The first kappa shape index (κ1) is 25.1. The van der Waals surface area contributed by atoms with Gasteiger partial charge in [0.2, 0.25) is 0 Å². The molecule has 0 N–H and O–H groups in total. The molecule has 4 rings (SSSR count). The number of carbonyl (C=O) groups is 2. The van der Waals surface area contributed by atoms with Crippen molar-refractivity contribution in [2.45, 2.75) is 11.7 Å². The fourth-order valence-corrected chi connectivity index (χ4v) is 6.06. The molecule has 0 heterocycles. The Balaban J connectivity index is 1.68. The van der Waals surface area contributed by atoms with Gasteiger partial charge >= 0.3 is 222 Å². The van der Waals surface area contributed by atoms with Crippen LogP contribution in [-0.4, -0.2) is 26.5 Å². The number of hydrogen-bond acceptors (Lipinski definition) is 2. The first-order valence-corrected chi connectivity index (χ1v) is 14.3. The van der Waals surface area contributed by atoms with Crippen molar-refractivity contribution >= 4 is 58.6 Å². The molecule has 0 bridgehead atoms. The Morgan fingerprint density at radius 1 is 0.714 bits per heavy atom. The molecule has 4 heteroatoms. The van der Waals surface area contributed by atoms with Crippen LogP contribution in [0, 0.1) is 5.92 Å². The maximum atomic E-state index is 14.1. The molecule has 174 valence electrons. The van der Waals surface area contributed by atoms with E-state index >= 15 is 0 Å². The van der Waals surface area contributed by atoms with E-state index in [-0.39, 0.29) is 26.5 Å². The molecule has 0 saturated heterocycles. The number of hydrogen-bond donors (Lipinski definition) is 0. The van der Waals surface area contributed by atoms with Crippen molar-refractivity contribution in [3.63, 3.8) is 0 Å². The van der Waals surface area contributed by atoms with E-state index in [4.69, 9.17) is 0 Å². The second kappa shape index (κ2) is 12.6. The van der Waals surface area contributed by atoms with Crippen molar-refractivity contribution in [2.24, 2.45) is 5.92 Å². The first-order chi connectivity index (χ1) is 17.1. The third kappa shape index (κ3) is 6.99. The molecule has 0 amide bonds. The van der Waals surface area contributed by atoms with Gasteiger partial charge in [0.05, 0.1) is 0 Å². The Labute approximate surface area is 221 Å². The van der Waals surface area contributed by atoms with Crippen LogP contribution in [0.1, 0.15) is 27.9 Å². The van der Waals surface area contributed by atoms with Crippen molar-refractivity contribution in [3.05, 3.63) is 136 Å². The molecule has 0 aliphatic rings. The Morgan fingerprint density at radius 2 is 1.26 bits per heavy atom. The van der Waals surface area contributed by atoms with Gasteiger partial charge in [-0.25, -0.2) is 0 Å². The van der Waals surface area contributed by atoms with Gasteiger partial charge in [-0.2, -0.15) is 0 Å². The maximum absolute atomic E-state index is 14.1. The van der Waals surface area contributed by atoms with Gasteiger partial charge in [0, 0.05) is 0 Å². The van der Waals surface area contributed by atoms with E-state index in [9.17, 15) is 9.59 Å². The summed E-state index contributed by atoms with van der Waals surface area (Å²) >= 11 is 3.66. The number of carbonyl (C=O) groups excluding carboxylic acids is 2. The molecule has 0 radical (unpaired) electrons. The molecule has 4 aromatic carbocycles. The van der Waals surface area contributed by atoms with Crippen molar-refractivity contribution < 1.29 is 9.59 Å². The van der Waals surface area contributed by atoms with Gasteiger partial charge in [-0.3, -0.25) is 0 Å². The van der Waals surface area contributed by atoms with Crippen LogP contribution < -0.4 is 4.46 Å². The van der Waals surface area contributed by atoms with Crippen LogP contribution in [0.25, 0.3) is 11.6 Å². The zero-order valence-corrected chi connectivity index (χ0v) is 22.4. The second-order valence-electron chi connectivity index (χ2n) is 8.07. The van der Waals surface area contributed by atoms with Gasteiger partial charge in [0.25, 0.3) is 0 Å². The number of benzene rings is 4. The van der Waals surface area contributed by atoms with Crippen LogP contribution in [0.15, 0.2) is 120 Å². The Hall–Kier alpha value is -3.04. The van der Waals surface area contributed by atoms with Crippen LogP contribution in [0.4, 0.5) is 0 Å². The van der Waals surface area contributed by atoms with E-state index in [0.717, 1.165) is 20.9 Å². The molecule has 35 heavy (non-hydrogen) atoms. The summed E-state index contributed by atoms with van der Waals surface area (Å²) < 4.78 is 2.24. The van der Waals surface area contributed by atoms with Crippen LogP contribution in [0.5, 0.6) is 0 Å². The monoisotopic (exact) mass is 588 g/mol. The van der Waals surface area contributed by atoms with Crippen LogP contribution in [-0.2, 0) is 4.79 Å². The SMILES string of the molecule is O=C(/C(=C/c1ccc(Br)cc1)c1ccccc1)C(CC[Se]c1ccccc1)C(=O)c1ccccc1. The normalized spacial score (nSPS) is 12.2. The fourth-order valence-electron chi connectivity index (χ4n) is 3.82. The van der Waals surface area contributed by atoms with Gasteiger partial charge in [0.1, 0.15) is 0 Å². The zero-order chi connectivity index (χ0) is 24.5. The number of Topliss-reactive ketones (excluding diaryl/α,β-unsaturated/α-hetero) is 2. The second-order valence-corrected chi connectivity index (χ2v) is 11.4. The summed E-state index contributed by atoms with van der Waals surface area (Å²) in [6.45, 7) is 0. The molecule has 0 aliphatic heterocycles. The van der Waals surface area contributed by atoms with Gasteiger partial charge in [-0.15, -0.1) is 0 Å².